The van der Waals surface area contributed by atoms with Gasteiger partial charge in [0.1, 0.15) is 5.82 Å². The molecule has 0 aliphatic carbocycles. The Labute approximate surface area is 217 Å². The molecule has 1 amide bonds. The molecular weight excluding hydrogens is 542 g/mol. The van der Waals surface area contributed by atoms with Crippen LogP contribution >= 0.6 is 0 Å². The number of nitrogens with zero attached hydrogens (tertiary/aromatic N) is 5. The Balaban J connectivity index is 0.000000317. The van der Waals surface area contributed by atoms with E-state index in [2.05, 4.69) is 31.5 Å². The highest BCUT2D eigenvalue weighted by Gasteiger charge is 2.40. The van der Waals surface area contributed by atoms with Gasteiger partial charge in [-0.25, -0.2) is 9.59 Å². The number of fused-ring (bicyclic) bond motifs is 2. The van der Waals surface area contributed by atoms with Gasteiger partial charge in [-0.2, -0.15) is 26.3 Å². The number of rotatable bonds is 4. The Kier molecular flexibility index (Phi) is 10.4. The third kappa shape index (κ3) is 9.49. The van der Waals surface area contributed by atoms with Crippen molar-refractivity contribution in [3.8, 4) is 0 Å². The molecule has 0 radical (unpaired) electrons. The van der Waals surface area contributed by atoms with E-state index in [0.717, 1.165) is 38.4 Å². The minimum absolute atomic E-state index is 0.0956. The fourth-order valence-electron chi connectivity index (χ4n) is 3.99. The standard InChI is InChI=1S/C18H24N6O.2C2HF3O2/c1-12(2)20-18(25)17-22-21-16-6-14-9-23(10-15(14)11-24(16)17)8-13-4-3-5-19-7-13;2*3-2(4,5)1(6)7/h3-5,7,12,14-15H,6,8-11H2,1-2H3,(H,20,25);2*(H,6,7). The maximum atomic E-state index is 12.3. The lowest BCUT2D eigenvalue weighted by Gasteiger charge is -2.25. The van der Waals surface area contributed by atoms with Crippen molar-refractivity contribution in [3.05, 3.63) is 41.7 Å². The zero-order chi connectivity index (χ0) is 29.5. The quantitative estimate of drug-likeness (QED) is 0.473. The fraction of sp³-hybridized carbons (Fsp3) is 0.545. The molecule has 1 saturated heterocycles. The van der Waals surface area contributed by atoms with Crippen LogP contribution in [0.2, 0.25) is 0 Å². The van der Waals surface area contributed by atoms with Gasteiger partial charge >= 0.3 is 24.3 Å². The van der Waals surface area contributed by atoms with Gasteiger partial charge in [-0.3, -0.25) is 14.7 Å². The number of amides is 1. The number of carbonyl (C=O) groups excluding carboxylic acids is 1. The van der Waals surface area contributed by atoms with Crippen LogP contribution in [0.1, 0.15) is 35.9 Å². The topological polar surface area (TPSA) is 151 Å². The van der Waals surface area contributed by atoms with E-state index in [0.29, 0.717) is 17.7 Å². The molecule has 0 aromatic carbocycles. The van der Waals surface area contributed by atoms with Crippen molar-refractivity contribution in [1.82, 2.24) is 30.0 Å². The van der Waals surface area contributed by atoms with Crippen molar-refractivity contribution in [3.63, 3.8) is 0 Å². The van der Waals surface area contributed by atoms with Gasteiger partial charge in [0, 0.05) is 51.0 Å². The number of alkyl halides is 6. The third-order valence-electron chi connectivity index (χ3n) is 5.58. The number of aromatic nitrogens is 4. The maximum Gasteiger partial charge on any atom is 0.490 e. The van der Waals surface area contributed by atoms with Gasteiger partial charge in [-0.05, 0) is 37.3 Å². The minimum atomic E-state index is -5.08. The van der Waals surface area contributed by atoms with E-state index < -0.39 is 24.3 Å². The number of carboxylic acids is 2. The first-order chi connectivity index (χ1) is 18.0. The average molecular weight is 568 g/mol. The van der Waals surface area contributed by atoms with E-state index >= 15 is 0 Å². The van der Waals surface area contributed by atoms with Crippen LogP contribution in [0.25, 0.3) is 0 Å². The first kappa shape index (κ1) is 31.5. The average Bonchev–Trinajstić information content (AvgIpc) is 3.39. The molecule has 3 N–H and O–H groups in total. The number of likely N-dealkylation sites (tertiary alicyclic amines) is 1. The number of carbonyl (C=O) groups is 3. The van der Waals surface area contributed by atoms with Crippen molar-refractivity contribution in [1.29, 1.82) is 0 Å². The molecule has 2 unspecified atom stereocenters. The Bertz CT molecular complexity index is 1110. The van der Waals surface area contributed by atoms with Crippen LogP contribution in [0.5, 0.6) is 0 Å². The van der Waals surface area contributed by atoms with E-state index in [1.807, 2.05) is 36.9 Å². The van der Waals surface area contributed by atoms with E-state index in [-0.39, 0.29) is 11.9 Å². The van der Waals surface area contributed by atoms with Gasteiger partial charge < -0.3 is 20.1 Å². The molecular formula is C22H26F6N6O5. The molecule has 2 aliphatic heterocycles. The van der Waals surface area contributed by atoms with Crippen LogP contribution in [0, 0.1) is 11.8 Å². The van der Waals surface area contributed by atoms with Gasteiger partial charge in [0.05, 0.1) is 0 Å². The van der Waals surface area contributed by atoms with Gasteiger partial charge in [0.25, 0.3) is 5.91 Å². The summed E-state index contributed by atoms with van der Waals surface area (Å²) in [6.45, 7) is 7.78. The Morgan fingerprint density at radius 3 is 2.05 bits per heavy atom. The van der Waals surface area contributed by atoms with E-state index in [1.54, 1.807) is 0 Å². The van der Waals surface area contributed by atoms with Crippen LogP contribution in [0.4, 0.5) is 26.3 Å². The first-order valence-electron chi connectivity index (χ1n) is 11.4. The van der Waals surface area contributed by atoms with E-state index in [1.165, 1.54) is 5.56 Å². The number of hydrogen-bond acceptors (Lipinski definition) is 7. The van der Waals surface area contributed by atoms with Gasteiger partial charge in [0.15, 0.2) is 0 Å². The Morgan fingerprint density at radius 2 is 1.56 bits per heavy atom. The van der Waals surface area contributed by atoms with Crippen molar-refractivity contribution in [2.45, 2.75) is 51.8 Å². The molecule has 2 aromatic heterocycles. The SMILES string of the molecule is CC(C)NC(=O)c1nnc2n1CC1CN(Cc3cccnc3)CC1C2.O=C(O)C(F)(F)F.O=C(O)C(F)(F)F. The molecule has 4 rings (SSSR count). The van der Waals surface area contributed by atoms with Crippen LogP contribution in [0.3, 0.4) is 0 Å². The van der Waals surface area contributed by atoms with Crippen LogP contribution in [0.15, 0.2) is 24.5 Å². The smallest absolute Gasteiger partial charge is 0.475 e. The molecule has 4 heterocycles. The first-order valence-corrected chi connectivity index (χ1v) is 11.4. The molecule has 2 aromatic rings. The molecule has 2 aliphatic rings. The zero-order valence-electron chi connectivity index (χ0n) is 20.7. The zero-order valence-corrected chi connectivity index (χ0v) is 20.7. The highest BCUT2D eigenvalue weighted by molar-refractivity contribution is 5.90. The largest absolute Gasteiger partial charge is 0.490 e. The molecule has 0 spiro atoms. The predicted octanol–water partition coefficient (Wildman–Crippen LogP) is 2.38. The summed E-state index contributed by atoms with van der Waals surface area (Å²) in [6.07, 6.45) is -5.52. The van der Waals surface area contributed by atoms with Crippen LogP contribution in [-0.2, 0) is 29.1 Å². The van der Waals surface area contributed by atoms with Gasteiger partial charge in [0.2, 0.25) is 5.82 Å². The summed E-state index contributed by atoms with van der Waals surface area (Å²) in [7, 11) is 0. The second kappa shape index (κ2) is 12.9. The summed E-state index contributed by atoms with van der Waals surface area (Å²) in [6, 6.07) is 4.20. The normalized spacial score (nSPS) is 18.6. The molecule has 17 heteroatoms. The highest BCUT2D eigenvalue weighted by Crippen LogP contribution is 2.33. The lowest BCUT2D eigenvalue weighted by Crippen LogP contribution is -2.35. The second-order valence-corrected chi connectivity index (χ2v) is 9.06. The summed E-state index contributed by atoms with van der Waals surface area (Å²) in [5.74, 6) is -3.11. The van der Waals surface area contributed by atoms with Gasteiger partial charge in [-0.1, -0.05) is 6.07 Å². The number of carboxylic acid groups (broad SMARTS) is 2. The van der Waals surface area contributed by atoms with Crippen LogP contribution in [-0.4, -0.2) is 84.2 Å². The van der Waals surface area contributed by atoms with E-state index in [4.69, 9.17) is 19.8 Å². The number of aliphatic carboxylic acids is 2. The number of nitrogens with one attached hydrogen (secondary N) is 1. The predicted molar refractivity (Wildman–Crippen MR) is 120 cm³/mol. The molecule has 2 atom stereocenters. The van der Waals surface area contributed by atoms with Crippen molar-refractivity contribution in [2.24, 2.45) is 11.8 Å². The lowest BCUT2D eigenvalue weighted by molar-refractivity contribution is -0.193. The van der Waals surface area contributed by atoms with Crippen LogP contribution < -0.4 is 5.32 Å². The van der Waals surface area contributed by atoms with E-state index in [9.17, 15) is 31.1 Å². The number of pyridine rings is 1. The van der Waals surface area contributed by atoms with Crippen molar-refractivity contribution < 1.29 is 50.9 Å². The molecule has 11 nitrogen and oxygen atoms in total. The molecule has 216 valence electrons. The minimum Gasteiger partial charge on any atom is -0.475 e. The monoisotopic (exact) mass is 568 g/mol. The summed E-state index contributed by atoms with van der Waals surface area (Å²) < 4.78 is 65.5. The summed E-state index contributed by atoms with van der Waals surface area (Å²) >= 11 is 0. The molecule has 39 heavy (non-hydrogen) atoms. The summed E-state index contributed by atoms with van der Waals surface area (Å²) in [5, 5.41) is 25.6. The Morgan fingerprint density at radius 1 is 1.00 bits per heavy atom. The molecule has 0 bridgehead atoms. The third-order valence-corrected chi connectivity index (χ3v) is 5.58. The summed E-state index contributed by atoms with van der Waals surface area (Å²) in [5.41, 5.74) is 1.25. The molecule has 0 saturated carbocycles. The number of halogens is 6. The molecule has 1 fully saturated rings. The number of hydrogen-bond donors (Lipinski definition) is 3. The second-order valence-electron chi connectivity index (χ2n) is 9.06. The van der Waals surface area contributed by atoms with Gasteiger partial charge in [-0.15, -0.1) is 10.2 Å². The van der Waals surface area contributed by atoms with Crippen molar-refractivity contribution >= 4 is 17.8 Å². The Hall–Kier alpha value is -3.76. The van der Waals surface area contributed by atoms with Crippen molar-refractivity contribution in [2.75, 3.05) is 13.1 Å². The maximum absolute atomic E-state index is 12.3. The fourth-order valence-corrected chi connectivity index (χ4v) is 3.99. The summed E-state index contributed by atoms with van der Waals surface area (Å²) in [4.78, 5) is 36.8. The highest BCUT2D eigenvalue weighted by atomic mass is 19.4. The lowest BCUT2D eigenvalue weighted by atomic mass is 9.89.